The SMILES string of the molecule is O=C(CCc1c[nH]c2ccccc12)NCCCn1ccc2ccccc21. The van der Waals surface area contributed by atoms with Gasteiger partial charge in [0, 0.05) is 48.3 Å². The number of amides is 1. The van der Waals surface area contributed by atoms with Crippen molar-refractivity contribution in [2.75, 3.05) is 6.54 Å². The van der Waals surface area contributed by atoms with E-state index in [0.717, 1.165) is 24.9 Å². The number of rotatable bonds is 7. The molecule has 1 amide bonds. The number of carbonyl (C=O) groups excluding carboxylic acids is 1. The second-order valence-electron chi connectivity index (χ2n) is 6.63. The Labute approximate surface area is 152 Å². The number of aryl methyl sites for hydroxylation is 2. The van der Waals surface area contributed by atoms with Gasteiger partial charge in [-0.15, -0.1) is 0 Å². The van der Waals surface area contributed by atoms with Crippen LogP contribution >= 0.6 is 0 Å². The zero-order valence-electron chi connectivity index (χ0n) is 14.7. The summed E-state index contributed by atoms with van der Waals surface area (Å²) in [5.41, 5.74) is 3.58. The predicted octanol–water partition coefficient (Wildman–Crippen LogP) is 4.26. The summed E-state index contributed by atoms with van der Waals surface area (Å²) in [7, 11) is 0. The molecular formula is C22H23N3O. The molecule has 0 aliphatic heterocycles. The highest BCUT2D eigenvalue weighted by Gasteiger charge is 2.06. The predicted molar refractivity (Wildman–Crippen MR) is 106 cm³/mol. The monoisotopic (exact) mass is 345 g/mol. The van der Waals surface area contributed by atoms with Crippen molar-refractivity contribution in [2.24, 2.45) is 0 Å². The summed E-state index contributed by atoms with van der Waals surface area (Å²) in [6.07, 6.45) is 6.34. The van der Waals surface area contributed by atoms with E-state index in [1.54, 1.807) is 0 Å². The van der Waals surface area contributed by atoms with Crippen LogP contribution < -0.4 is 5.32 Å². The molecule has 0 unspecified atom stereocenters. The van der Waals surface area contributed by atoms with E-state index in [-0.39, 0.29) is 5.91 Å². The first-order valence-corrected chi connectivity index (χ1v) is 9.17. The smallest absolute Gasteiger partial charge is 0.220 e. The second kappa shape index (κ2) is 7.48. The van der Waals surface area contributed by atoms with Gasteiger partial charge in [0.1, 0.15) is 0 Å². The molecule has 4 rings (SSSR count). The van der Waals surface area contributed by atoms with Gasteiger partial charge in [-0.25, -0.2) is 0 Å². The molecule has 0 aliphatic rings. The Balaban J connectivity index is 1.23. The molecule has 132 valence electrons. The van der Waals surface area contributed by atoms with Crippen LogP contribution in [0.25, 0.3) is 21.8 Å². The maximum absolute atomic E-state index is 12.1. The van der Waals surface area contributed by atoms with Crippen LogP contribution in [-0.4, -0.2) is 22.0 Å². The molecular weight excluding hydrogens is 322 g/mol. The highest BCUT2D eigenvalue weighted by Crippen LogP contribution is 2.19. The highest BCUT2D eigenvalue weighted by molar-refractivity contribution is 5.84. The molecule has 0 fully saturated rings. The van der Waals surface area contributed by atoms with E-state index in [4.69, 9.17) is 0 Å². The number of H-pyrrole nitrogens is 1. The van der Waals surface area contributed by atoms with Crippen molar-refractivity contribution in [2.45, 2.75) is 25.8 Å². The van der Waals surface area contributed by atoms with Crippen molar-refractivity contribution in [3.63, 3.8) is 0 Å². The van der Waals surface area contributed by atoms with Crippen molar-refractivity contribution < 1.29 is 4.79 Å². The Kier molecular flexibility index (Phi) is 4.73. The third-order valence-corrected chi connectivity index (χ3v) is 4.87. The van der Waals surface area contributed by atoms with Gasteiger partial charge in [-0.3, -0.25) is 4.79 Å². The average molecular weight is 345 g/mol. The van der Waals surface area contributed by atoms with Gasteiger partial charge in [0.15, 0.2) is 0 Å². The van der Waals surface area contributed by atoms with E-state index in [0.29, 0.717) is 13.0 Å². The standard InChI is InChI=1S/C22H23N3O/c26-22(11-10-18-16-24-20-8-3-2-7-19(18)20)23-13-5-14-25-15-12-17-6-1-4-9-21(17)25/h1-4,6-9,12,15-16,24H,5,10-11,13-14H2,(H,23,26). The van der Waals surface area contributed by atoms with Crippen LogP contribution in [-0.2, 0) is 17.8 Å². The van der Waals surface area contributed by atoms with E-state index in [9.17, 15) is 4.79 Å². The zero-order chi connectivity index (χ0) is 17.8. The van der Waals surface area contributed by atoms with Gasteiger partial charge in [-0.05, 0) is 42.0 Å². The third kappa shape index (κ3) is 3.49. The molecule has 4 aromatic rings. The van der Waals surface area contributed by atoms with Gasteiger partial charge < -0.3 is 14.9 Å². The topological polar surface area (TPSA) is 49.8 Å². The van der Waals surface area contributed by atoms with Gasteiger partial charge in [0.2, 0.25) is 5.91 Å². The molecule has 4 nitrogen and oxygen atoms in total. The van der Waals surface area contributed by atoms with Gasteiger partial charge in [-0.1, -0.05) is 36.4 Å². The number of nitrogens with one attached hydrogen (secondary N) is 2. The molecule has 2 aromatic heterocycles. The average Bonchev–Trinajstić information content (AvgIpc) is 3.28. The summed E-state index contributed by atoms with van der Waals surface area (Å²) in [6, 6.07) is 18.7. The molecule has 4 heteroatoms. The molecule has 0 radical (unpaired) electrons. The molecule has 0 saturated carbocycles. The summed E-state index contributed by atoms with van der Waals surface area (Å²) < 4.78 is 2.24. The molecule has 0 atom stereocenters. The number of nitrogens with zero attached hydrogens (tertiary/aromatic N) is 1. The van der Waals surface area contributed by atoms with Crippen LogP contribution in [0.15, 0.2) is 67.0 Å². The van der Waals surface area contributed by atoms with Crippen molar-refractivity contribution in [1.29, 1.82) is 0 Å². The molecule has 2 heterocycles. The summed E-state index contributed by atoms with van der Waals surface area (Å²) in [6.45, 7) is 1.62. The van der Waals surface area contributed by atoms with E-state index in [2.05, 4.69) is 63.5 Å². The first kappa shape index (κ1) is 16.5. The first-order chi connectivity index (χ1) is 12.8. The number of hydrogen-bond acceptors (Lipinski definition) is 1. The lowest BCUT2D eigenvalue weighted by atomic mass is 10.1. The van der Waals surface area contributed by atoms with Crippen LogP contribution in [0.3, 0.4) is 0 Å². The summed E-state index contributed by atoms with van der Waals surface area (Å²) in [5.74, 6) is 0.118. The lowest BCUT2D eigenvalue weighted by molar-refractivity contribution is -0.121. The Morgan fingerprint density at radius 3 is 2.85 bits per heavy atom. The van der Waals surface area contributed by atoms with E-state index in [1.165, 1.54) is 21.9 Å². The van der Waals surface area contributed by atoms with Crippen LogP contribution in [0.1, 0.15) is 18.4 Å². The minimum Gasteiger partial charge on any atom is -0.361 e. The molecule has 0 saturated heterocycles. The zero-order valence-corrected chi connectivity index (χ0v) is 14.7. The molecule has 2 N–H and O–H groups in total. The van der Waals surface area contributed by atoms with Gasteiger partial charge >= 0.3 is 0 Å². The largest absolute Gasteiger partial charge is 0.361 e. The van der Waals surface area contributed by atoms with Crippen LogP contribution in [0.5, 0.6) is 0 Å². The summed E-state index contributed by atoms with van der Waals surface area (Å²) in [4.78, 5) is 15.4. The van der Waals surface area contributed by atoms with Gasteiger partial charge in [0.25, 0.3) is 0 Å². The van der Waals surface area contributed by atoms with Gasteiger partial charge in [0.05, 0.1) is 0 Å². The molecule has 26 heavy (non-hydrogen) atoms. The fourth-order valence-corrected chi connectivity index (χ4v) is 3.49. The second-order valence-corrected chi connectivity index (χ2v) is 6.63. The molecule has 0 aliphatic carbocycles. The number of carbonyl (C=O) groups is 1. The van der Waals surface area contributed by atoms with Crippen molar-refractivity contribution >= 4 is 27.7 Å². The third-order valence-electron chi connectivity index (χ3n) is 4.87. The number of aromatic amines is 1. The minimum atomic E-state index is 0.118. The van der Waals surface area contributed by atoms with Crippen LogP contribution in [0.2, 0.25) is 0 Å². The summed E-state index contributed by atoms with van der Waals surface area (Å²) in [5, 5.41) is 5.51. The maximum atomic E-state index is 12.1. The number of aromatic nitrogens is 2. The number of benzene rings is 2. The molecule has 0 spiro atoms. The maximum Gasteiger partial charge on any atom is 0.220 e. The molecule has 0 bridgehead atoms. The normalized spacial score (nSPS) is 11.2. The van der Waals surface area contributed by atoms with Gasteiger partial charge in [-0.2, -0.15) is 0 Å². The lowest BCUT2D eigenvalue weighted by Gasteiger charge is -2.07. The van der Waals surface area contributed by atoms with Crippen molar-refractivity contribution in [3.8, 4) is 0 Å². The quantitative estimate of drug-likeness (QED) is 0.483. The Morgan fingerprint density at radius 2 is 1.88 bits per heavy atom. The first-order valence-electron chi connectivity index (χ1n) is 9.17. The minimum absolute atomic E-state index is 0.118. The van der Waals surface area contributed by atoms with Crippen LogP contribution in [0, 0.1) is 0 Å². The van der Waals surface area contributed by atoms with Crippen LogP contribution in [0.4, 0.5) is 0 Å². The number of para-hydroxylation sites is 2. The lowest BCUT2D eigenvalue weighted by Crippen LogP contribution is -2.25. The summed E-state index contributed by atoms with van der Waals surface area (Å²) >= 11 is 0. The number of fused-ring (bicyclic) bond motifs is 2. The fourth-order valence-electron chi connectivity index (χ4n) is 3.49. The highest BCUT2D eigenvalue weighted by atomic mass is 16.1. The van der Waals surface area contributed by atoms with E-state index >= 15 is 0 Å². The Hall–Kier alpha value is -3.01. The molecule has 2 aromatic carbocycles. The number of hydrogen-bond donors (Lipinski definition) is 2. The Bertz CT molecular complexity index is 1030. The van der Waals surface area contributed by atoms with E-state index < -0.39 is 0 Å². The fraction of sp³-hybridized carbons (Fsp3) is 0.227. The Morgan fingerprint density at radius 1 is 1.04 bits per heavy atom. The van der Waals surface area contributed by atoms with Crippen molar-refractivity contribution in [1.82, 2.24) is 14.9 Å². The van der Waals surface area contributed by atoms with Crippen molar-refractivity contribution in [3.05, 3.63) is 72.6 Å². The van der Waals surface area contributed by atoms with E-state index in [1.807, 2.05) is 18.3 Å².